The molecular weight excluding hydrogens is 437 g/mol. The van der Waals surface area contributed by atoms with Crippen molar-refractivity contribution in [3.05, 3.63) is 46.3 Å². The number of anilines is 2. The van der Waals surface area contributed by atoms with Crippen molar-refractivity contribution in [3.63, 3.8) is 0 Å². The Kier molecular flexibility index (Phi) is 7.57. The maximum atomic E-state index is 12.3. The number of rotatable bonds is 4. The van der Waals surface area contributed by atoms with E-state index < -0.39 is 11.9 Å². The Balaban J connectivity index is 0.00000261. The van der Waals surface area contributed by atoms with Gasteiger partial charge in [0.25, 0.3) is 5.91 Å². The summed E-state index contributed by atoms with van der Waals surface area (Å²) in [6.07, 6.45) is 1.88. The number of primary amides is 1. The molecule has 27 heavy (non-hydrogen) atoms. The zero-order valence-corrected chi connectivity index (χ0v) is 19.4. The number of urea groups is 1. The molecule has 3 rings (SSSR count). The number of carbonyl (C=O) groups excluding carboxylic acids is 2. The van der Waals surface area contributed by atoms with Crippen LogP contribution in [0.4, 0.5) is 15.5 Å². The molecule has 2 heterocycles. The Bertz CT molecular complexity index is 825. The average molecular weight is 460 g/mol. The molecule has 1 aliphatic rings. The molecule has 141 valence electrons. The van der Waals surface area contributed by atoms with E-state index in [1.54, 1.807) is 24.3 Å². The first-order valence-corrected chi connectivity index (χ1v) is 9.45. The summed E-state index contributed by atoms with van der Waals surface area (Å²) in [6.45, 7) is 4.23. The van der Waals surface area contributed by atoms with Gasteiger partial charge in [0.1, 0.15) is 5.00 Å². The molecule has 1 aromatic carbocycles. The zero-order valence-electron chi connectivity index (χ0n) is 15.7. The van der Waals surface area contributed by atoms with Crippen LogP contribution in [0.3, 0.4) is 0 Å². The van der Waals surface area contributed by atoms with Gasteiger partial charge in [0.2, 0.25) is 0 Å². The Hall–Kier alpha value is -1.28. The average Bonchev–Trinajstić information content (AvgIpc) is 2.97. The van der Waals surface area contributed by atoms with Gasteiger partial charge in [0, 0.05) is 49.7 Å². The van der Waals surface area contributed by atoms with E-state index in [0.717, 1.165) is 23.3 Å². The second-order valence-corrected chi connectivity index (χ2v) is 7.59. The molecule has 1 radical (unpaired) electrons. The third-order valence-electron chi connectivity index (χ3n) is 4.97. The molecule has 0 aliphatic carbocycles. The van der Waals surface area contributed by atoms with E-state index in [-0.39, 0.29) is 38.8 Å². The van der Waals surface area contributed by atoms with E-state index in [9.17, 15) is 9.59 Å². The van der Waals surface area contributed by atoms with Gasteiger partial charge in [-0.15, -0.1) is 23.5 Å². The fourth-order valence-corrected chi connectivity index (χ4v) is 4.82. The molecule has 0 spiro atoms. The van der Waals surface area contributed by atoms with Crippen LogP contribution in [0.25, 0.3) is 0 Å². The second kappa shape index (κ2) is 9.28. The van der Waals surface area contributed by atoms with Crippen LogP contribution < -0.4 is 16.4 Å². The predicted octanol–water partition coefficient (Wildman–Crippen LogP) is 3.62. The van der Waals surface area contributed by atoms with E-state index in [0.29, 0.717) is 22.3 Å². The van der Waals surface area contributed by atoms with E-state index in [2.05, 4.69) is 42.5 Å². The molecule has 0 saturated carbocycles. The molecule has 8 heteroatoms. The Labute approximate surface area is 188 Å². The van der Waals surface area contributed by atoms with Crippen molar-refractivity contribution in [2.24, 2.45) is 5.73 Å². The first-order valence-electron chi connectivity index (χ1n) is 8.63. The monoisotopic (exact) mass is 460 g/mol. The van der Waals surface area contributed by atoms with Crippen molar-refractivity contribution in [2.75, 3.05) is 17.7 Å². The Morgan fingerprint density at radius 3 is 2.59 bits per heavy atom. The maximum absolute atomic E-state index is 12.3. The van der Waals surface area contributed by atoms with Crippen LogP contribution in [-0.4, -0.2) is 29.9 Å². The standard InChI is InChI=1S/C19H23N4O2S.Y/c1-4-13-10-14-15(11(2)23(13)3)16(17(20)24)18(26-14)22-19(25)21-12-8-6-5-7-9-12;/h6-9,11,13H,4,10H2,1-3H3,(H2,20,24)(H2,21,22,25);/q-1;. The van der Waals surface area contributed by atoms with Gasteiger partial charge in [-0.05, 0) is 32.4 Å². The largest absolute Gasteiger partial charge is 0.365 e. The van der Waals surface area contributed by atoms with Crippen LogP contribution >= 0.6 is 11.3 Å². The van der Waals surface area contributed by atoms with Crippen LogP contribution in [0.2, 0.25) is 0 Å². The van der Waals surface area contributed by atoms with Crippen molar-refractivity contribution in [1.29, 1.82) is 0 Å². The first-order chi connectivity index (χ1) is 12.4. The smallest absolute Gasteiger partial charge is 0.322 e. The number of thiophene rings is 1. The van der Waals surface area contributed by atoms with Crippen LogP contribution in [-0.2, 0) is 39.1 Å². The number of nitrogens with one attached hydrogen (secondary N) is 2. The third kappa shape index (κ3) is 4.59. The molecule has 4 N–H and O–H groups in total. The summed E-state index contributed by atoms with van der Waals surface area (Å²) in [5.74, 6) is -0.512. The second-order valence-electron chi connectivity index (χ2n) is 6.48. The molecule has 1 aliphatic heterocycles. The topological polar surface area (TPSA) is 87.5 Å². The molecule has 6 nitrogen and oxygen atoms in total. The Morgan fingerprint density at radius 1 is 1.33 bits per heavy atom. The van der Waals surface area contributed by atoms with Gasteiger partial charge in [-0.1, -0.05) is 12.6 Å². The molecule has 0 bridgehead atoms. The fourth-order valence-electron chi connectivity index (χ4n) is 3.46. The summed E-state index contributed by atoms with van der Waals surface area (Å²) >= 11 is 1.45. The van der Waals surface area contributed by atoms with Gasteiger partial charge >= 0.3 is 6.03 Å². The summed E-state index contributed by atoms with van der Waals surface area (Å²) in [5.41, 5.74) is 7.68. The number of carbonyl (C=O) groups is 2. The quantitative estimate of drug-likeness (QED) is 0.610. The van der Waals surface area contributed by atoms with Crippen molar-refractivity contribution >= 4 is 34.0 Å². The molecule has 0 saturated heterocycles. The Morgan fingerprint density at radius 2 is 2.00 bits per heavy atom. The molecule has 2 unspecified atom stereocenters. The predicted molar refractivity (Wildman–Crippen MR) is 105 cm³/mol. The minimum atomic E-state index is -0.512. The summed E-state index contributed by atoms with van der Waals surface area (Å²) in [5, 5.41) is 6.07. The van der Waals surface area contributed by atoms with Crippen molar-refractivity contribution in [1.82, 2.24) is 4.90 Å². The summed E-state index contributed by atoms with van der Waals surface area (Å²) < 4.78 is 0. The van der Waals surface area contributed by atoms with E-state index in [1.807, 2.05) is 0 Å². The minimum absolute atomic E-state index is 0. The molecular formula is C19H23N4O2SY-. The van der Waals surface area contributed by atoms with Crippen molar-refractivity contribution in [3.8, 4) is 0 Å². The first kappa shape index (κ1) is 22.0. The number of nitrogens with zero attached hydrogens (tertiary/aromatic N) is 1. The van der Waals surface area contributed by atoms with Crippen LogP contribution in [0.15, 0.2) is 24.3 Å². The number of likely N-dealkylation sites (N-methyl/N-ethyl adjacent to an activating group) is 1. The fraction of sp³-hybridized carbons (Fsp3) is 0.368. The number of amides is 3. The van der Waals surface area contributed by atoms with E-state index in [4.69, 9.17) is 5.73 Å². The van der Waals surface area contributed by atoms with Gasteiger partial charge in [0.15, 0.2) is 0 Å². The minimum Gasteiger partial charge on any atom is -0.365 e. The van der Waals surface area contributed by atoms with Crippen LogP contribution in [0.1, 0.15) is 47.1 Å². The van der Waals surface area contributed by atoms with Gasteiger partial charge in [-0.3, -0.25) is 15.0 Å². The van der Waals surface area contributed by atoms with Crippen LogP contribution in [0.5, 0.6) is 0 Å². The third-order valence-corrected chi connectivity index (χ3v) is 6.11. The summed E-state index contributed by atoms with van der Waals surface area (Å²) in [7, 11) is 2.07. The van der Waals surface area contributed by atoms with Gasteiger partial charge in [0.05, 0.1) is 5.56 Å². The maximum Gasteiger partial charge on any atom is 0.322 e. The van der Waals surface area contributed by atoms with Gasteiger partial charge in [-0.25, -0.2) is 4.79 Å². The molecule has 2 atom stereocenters. The molecule has 3 amide bonds. The number of benzene rings is 1. The van der Waals surface area contributed by atoms with Crippen molar-refractivity contribution < 1.29 is 42.3 Å². The number of hydrogen-bond acceptors (Lipinski definition) is 4. The summed E-state index contributed by atoms with van der Waals surface area (Å²) in [4.78, 5) is 27.9. The number of hydrogen-bond donors (Lipinski definition) is 3. The zero-order chi connectivity index (χ0) is 18.8. The van der Waals surface area contributed by atoms with Gasteiger partial charge < -0.3 is 11.1 Å². The number of fused-ring (bicyclic) bond motifs is 1. The van der Waals surface area contributed by atoms with Gasteiger partial charge in [-0.2, -0.15) is 18.2 Å². The van der Waals surface area contributed by atoms with E-state index in [1.165, 1.54) is 11.3 Å². The van der Waals surface area contributed by atoms with Crippen molar-refractivity contribution in [2.45, 2.75) is 38.8 Å². The number of nitrogens with two attached hydrogens (primary N) is 1. The molecule has 0 fully saturated rings. The summed E-state index contributed by atoms with van der Waals surface area (Å²) in [6, 6.07) is 9.92. The molecule has 2 aromatic rings. The van der Waals surface area contributed by atoms with Crippen LogP contribution in [0, 0.1) is 6.07 Å². The normalized spacial score (nSPS) is 18.9. The molecule has 1 aromatic heterocycles. The SMILES string of the molecule is CCC1Cc2sc(NC(=O)Nc3cc[c-]cc3)c(C(N)=O)c2C(C)N1C.[Y]. The van der Waals surface area contributed by atoms with E-state index >= 15 is 0 Å².